The fourth-order valence-electron chi connectivity index (χ4n) is 1.03. The molecule has 86 valence electrons. The first-order chi connectivity index (χ1) is 7.68. The molecule has 0 unspecified atom stereocenters. The summed E-state index contributed by atoms with van der Waals surface area (Å²) in [4.78, 5) is 22.8. The molecule has 0 bridgehead atoms. The van der Waals surface area contributed by atoms with Crippen LogP contribution in [-0.2, 0) is 9.59 Å². The summed E-state index contributed by atoms with van der Waals surface area (Å²) in [7, 11) is 0. The smallest absolute Gasteiger partial charge is 0.244 e. The minimum Gasteiger partial charge on any atom is -0.355 e. The van der Waals surface area contributed by atoms with Gasteiger partial charge in [-0.05, 0) is 17.5 Å². The number of carbonyl (C=O) groups is 2. The van der Waals surface area contributed by atoms with Gasteiger partial charge in [-0.2, -0.15) is 0 Å². The van der Waals surface area contributed by atoms with Gasteiger partial charge >= 0.3 is 0 Å². The first-order valence-electron chi connectivity index (χ1n) is 4.92. The third-order valence-corrected chi connectivity index (χ3v) is 2.58. The maximum Gasteiger partial charge on any atom is 0.244 e. The van der Waals surface area contributed by atoms with E-state index in [1.54, 1.807) is 17.4 Å². The largest absolute Gasteiger partial charge is 0.355 e. The van der Waals surface area contributed by atoms with Crippen molar-refractivity contribution in [3.8, 4) is 0 Å². The summed E-state index contributed by atoms with van der Waals surface area (Å²) in [5, 5.41) is 7.21. The molecule has 0 aliphatic carbocycles. The second kappa shape index (κ2) is 6.79. The maximum atomic E-state index is 11.3. The molecule has 2 amide bonds. The molecular formula is C11H14N2O2S. The van der Waals surface area contributed by atoms with Crippen LogP contribution in [0.25, 0.3) is 6.08 Å². The zero-order valence-corrected chi connectivity index (χ0v) is 9.84. The molecule has 4 nitrogen and oxygen atoms in total. The lowest BCUT2D eigenvalue weighted by atomic mass is 10.4. The minimum atomic E-state index is -0.154. The van der Waals surface area contributed by atoms with Crippen molar-refractivity contribution in [2.75, 3.05) is 13.1 Å². The van der Waals surface area contributed by atoms with E-state index in [1.807, 2.05) is 17.5 Å². The van der Waals surface area contributed by atoms with Crippen LogP contribution in [0.1, 0.15) is 11.8 Å². The average Bonchev–Trinajstić information content (AvgIpc) is 2.74. The lowest BCUT2D eigenvalue weighted by molar-refractivity contribution is -0.119. The lowest BCUT2D eigenvalue weighted by Gasteiger charge is -2.02. The molecule has 0 fully saturated rings. The Kier molecular flexibility index (Phi) is 5.28. The molecule has 0 radical (unpaired) electrons. The van der Waals surface area contributed by atoms with Gasteiger partial charge in [0, 0.05) is 31.0 Å². The van der Waals surface area contributed by atoms with Crippen LogP contribution in [0.4, 0.5) is 0 Å². The third kappa shape index (κ3) is 5.31. The molecule has 0 spiro atoms. The monoisotopic (exact) mass is 238 g/mol. The van der Waals surface area contributed by atoms with Gasteiger partial charge in [-0.15, -0.1) is 11.3 Å². The number of hydrogen-bond acceptors (Lipinski definition) is 3. The molecule has 5 heteroatoms. The van der Waals surface area contributed by atoms with E-state index in [1.165, 1.54) is 13.0 Å². The molecule has 0 saturated heterocycles. The van der Waals surface area contributed by atoms with Gasteiger partial charge in [-0.25, -0.2) is 0 Å². The van der Waals surface area contributed by atoms with Gasteiger partial charge in [-0.1, -0.05) is 6.07 Å². The zero-order chi connectivity index (χ0) is 11.8. The van der Waals surface area contributed by atoms with Crippen molar-refractivity contribution in [3.05, 3.63) is 28.5 Å². The predicted octanol–water partition coefficient (Wildman–Crippen LogP) is 1.01. The van der Waals surface area contributed by atoms with Gasteiger partial charge in [-0.3, -0.25) is 9.59 Å². The standard InChI is InChI=1S/C11H14N2O2S/c1-9(14)12-6-7-13-11(15)5-4-10-3-2-8-16-10/h2-5,8H,6-7H2,1H3,(H,12,14)(H,13,15)/b5-4+. The number of amides is 2. The van der Waals surface area contributed by atoms with Crippen LogP contribution < -0.4 is 10.6 Å². The Balaban J connectivity index is 2.18. The lowest BCUT2D eigenvalue weighted by Crippen LogP contribution is -2.32. The summed E-state index contributed by atoms with van der Waals surface area (Å²) in [5.74, 6) is -0.248. The quantitative estimate of drug-likeness (QED) is 0.594. The minimum absolute atomic E-state index is 0.0941. The topological polar surface area (TPSA) is 58.2 Å². The van der Waals surface area contributed by atoms with Gasteiger partial charge < -0.3 is 10.6 Å². The summed E-state index contributed by atoms with van der Waals surface area (Å²) < 4.78 is 0. The average molecular weight is 238 g/mol. The van der Waals surface area contributed by atoms with Crippen LogP contribution in [0.5, 0.6) is 0 Å². The van der Waals surface area contributed by atoms with E-state index in [2.05, 4.69) is 10.6 Å². The van der Waals surface area contributed by atoms with Gasteiger partial charge in [0.15, 0.2) is 0 Å². The van der Waals surface area contributed by atoms with E-state index in [9.17, 15) is 9.59 Å². The molecule has 0 aliphatic heterocycles. The van der Waals surface area contributed by atoms with E-state index in [0.717, 1.165) is 4.88 Å². The van der Waals surface area contributed by atoms with Crippen LogP contribution in [0.3, 0.4) is 0 Å². The highest BCUT2D eigenvalue weighted by molar-refractivity contribution is 7.10. The SMILES string of the molecule is CC(=O)NCCNC(=O)/C=C/c1cccs1. The van der Waals surface area contributed by atoms with Gasteiger partial charge in [0.05, 0.1) is 0 Å². The molecule has 0 aromatic carbocycles. The fourth-order valence-corrected chi connectivity index (χ4v) is 1.65. The van der Waals surface area contributed by atoms with Crippen LogP contribution in [0.2, 0.25) is 0 Å². The Morgan fingerprint density at radius 1 is 1.38 bits per heavy atom. The fraction of sp³-hybridized carbons (Fsp3) is 0.273. The normalized spacial score (nSPS) is 10.3. The van der Waals surface area contributed by atoms with Gasteiger partial charge in [0.1, 0.15) is 0 Å². The molecule has 2 N–H and O–H groups in total. The van der Waals surface area contributed by atoms with E-state index in [0.29, 0.717) is 13.1 Å². The Labute approximate surface area is 98.4 Å². The Bertz CT molecular complexity index is 371. The Morgan fingerprint density at radius 2 is 2.12 bits per heavy atom. The summed E-state index contributed by atoms with van der Waals surface area (Å²) in [5.41, 5.74) is 0. The molecule has 0 atom stereocenters. The zero-order valence-electron chi connectivity index (χ0n) is 9.03. The van der Waals surface area contributed by atoms with Crippen LogP contribution in [0, 0.1) is 0 Å². The molecule has 1 aromatic heterocycles. The summed E-state index contributed by atoms with van der Waals surface area (Å²) in [6.07, 6.45) is 3.25. The van der Waals surface area contributed by atoms with Crippen molar-refractivity contribution in [2.24, 2.45) is 0 Å². The number of thiophene rings is 1. The highest BCUT2D eigenvalue weighted by Gasteiger charge is 1.95. The predicted molar refractivity (Wildman–Crippen MR) is 65.0 cm³/mol. The molecule has 1 rings (SSSR count). The van der Waals surface area contributed by atoms with Crippen LogP contribution in [-0.4, -0.2) is 24.9 Å². The second-order valence-corrected chi connectivity index (χ2v) is 4.10. The number of carbonyl (C=O) groups excluding carboxylic acids is 2. The van der Waals surface area contributed by atoms with Gasteiger partial charge in [0.25, 0.3) is 0 Å². The summed E-state index contributed by atoms with van der Waals surface area (Å²) in [6.45, 7) is 2.33. The number of rotatable bonds is 5. The van der Waals surface area contributed by atoms with Crippen molar-refractivity contribution >= 4 is 29.2 Å². The van der Waals surface area contributed by atoms with Crippen molar-refractivity contribution < 1.29 is 9.59 Å². The molecule has 0 saturated carbocycles. The molecular weight excluding hydrogens is 224 g/mol. The molecule has 16 heavy (non-hydrogen) atoms. The molecule has 0 aliphatic rings. The van der Waals surface area contributed by atoms with Gasteiger partial charge in [0.2, 0.25) is 11.8 Å². The summed E-state index contributed by atoms with van der Waals surface area (Å²) in [6, 6.07) is 3.87. The molecule has 1 aromatic rings. The van der Waals surface area contributed by atoms with Crippen molar-refractivity contribution in [3.63, 3.8) is 0 Å². The van der Waals surface area contributed by atoms with E-state index < -0.39 is 0 Å². The second-order valence-electron chi connectivity index (χ2n) is 3.12. The first-order valence-corrected chi connectivity index (χ1v) is 5.80. The number of hydrogen-bond donors (Lipinski definition) is 2. The molecule has 1 heterocycles. The summed E-state index contributed by atoms with van der Waals surface area (Å²) >= 11 is 1.57. The van der Waals surface area contributed by atoms with Crippen molar-refractivity contribution in [2.45, 2.75) is 6.92 Å². The van der Waals surface area contributed by atoms with Crippen LogP contribution >= 0.6 is 11.3 Å². The highest BCUT2D eigenvalue weighted by atomic mass is 32.1. The third-order valence-electron chi connectivity index (χ3n) is 1.74. The first kappa shape index (κ1) is 12.4. The Hall–Kier alpha value is -1.62. The number of nitrogens with one attached hydrogen (secondary N) is 2. The maximum absolute atomic E-state index is 11.3. The van der Waals surface area contributed by atoms with E-state index in [-0.39, 0.29) is 11.8 Å². The highest BCUT2D eigenvalue weighted by Crippen LogP contribution is 2.09. The van der Waals surface area contributed by atoms with E-state index >= 15 is 0 Å². The van der Waals surface area contributed by atoms with E-state index in [4.69, 9.17) is 0 Å². The van der Waals surface area contributed by atoms with Crippen molar-refractivity contribution in [1.82, 2.24) is 10.6 Å². The Morgan fingerprint density at radius 3 is 2.75 bits per heavy atom. The van der Waals surface area contributed by atoms with Crippen LogP contribution in [0.15, 0.2) is 23.6 Å². The van der Waals surface area contributed by atoms with Crippen molar-refractivity contribution in [1.29, 1.82) is 0 Å².